The van der Waals surface area contributed by atoms with Crippen LogP contribution in [0.15, 0.2) is 27.8 Å². The maximum Gasteiger partial charge on any atom is 0.341 e. The molecule has 0 saturated heterocycles. The molecular weight excluding hydrogens is 224 g/mol. The predicted molar refractivity (Wildman–Crippen MR) is 47.5 cm³/mol. The molecule has 1 heterocycles. The van der Waals surface area contributed by atoms with E-state index in [1.807, 2.05) is 0 Å². The van der Waals surface area contributed by atoms with E-state index in [1.54, 1.807) is 12.1 Å². The Balaban J connectivity index is 2.85. The van der Waals surface area contributed by atoms with Crippen LogP contribution in [0.2, 0.25) is 0 Å². The van der Waals surface area contributed by atoms with Crippen molar-refractivity contribution in [2.75, 3.05) is 7.11 Å². The zero-order valence-electron chi connectivity index (χ0n) is 6.46. The van der Waals surface area contributed by atoms with Crippen molar-refractivity contribution in [3.63, 3.8) is 0 Å². The number of ether oxygens (including phenoxy) is 1. The van der Waals surface area contributed by atoms with E-state index >= 15 is 0 Å². The Kier molecular flexibility index (Phi) is 2.70. The summed E-state index contributed by atoms with van der Waals surface area (Å²) in [5.41, 5.74) is 0.211. The first-order chi connectivity index (χ1) is 5.65. The van der Waals surface area contributed by atoms with Gasteiger partial charge in [0.2, 0.25) is 0 Å². The molecule has 0 amide bonds. The summed E-state index contributed by atoms with van der Waals surface area (Å²) < 4.78 is 10.1. The van der Waals surface area contributed by atoms with Gasteiger partial charge in [-0.2, -0.15) is 0 Å². The van der Waals surface area contributed by atoms with Crippen molar-refractivity contribution in [1.82, 2.24) is 0 Å². The quantitative estimate of drug-likeness (QED) is 0.578. The van der Waals surface area contributed by atoms with Crippen LogP contribution >= 0.6 is 15.9 Å². The zero-order chi connectivity index (χ0) is 9.14. The average Bonchev–Trinajstić information content (AvgIpc) is 2.49. The molecule has 0 aliphatic heterocycles. The van der Waals surface area contributed by atoms with E-state index in [1.165, 1.54) is 7.11 Å². The van der Waals surface area contributed by atoms with Gasteiger partial charge in [0.25, 0.3) is 0 Å². The first kappa shape index (κ1) is 9.06. The molecule has 1 rings (SSSR count). The Morgan fingerprint density at radius 1 is 1.67 bits per heavy atom. The summed E-state index contributed by atoms with van der Waals surface area (Å²) in [5.74, 6) is -0.0782. The Hall–Kier alpha value is -1.03. The molecule has 0 bridgehead atoms. The van der Waals surface area contributed by atoms with Crippen LogP contribution in [-0.2, 0) is 9.53 Å². The van der Waals surface area contributed by atoms with Crippen LogP contribution in [0.1, 0.15) is 5.76 Å². The van der Waals surface area contributed by atoms with E-state index in [-0.39, 0.29) is 5.57 Å². The first-order valence-electron chi connectivity index (χ1n) is 3.18. The fraction of sp³-hybridized carbons (Fsp3) is 0.125. The van der Waals surface area contributed by atoms with E-state index in [0.717, 1.165) is 0 Å². The minimum absolute atomic E-state index is 0.211. The lowest BCUT2D eigenvalue weighted by molar-refractivity contribution is -0.133. The van der Waals surface area contributed by atoms with Crippen molar-refractivity contribution < 1.29 is 13.9 Å². The number of furan rings is 1. The van der Waals surface area contributed by atoms with E-state index in [2.05, 4.69) is 27.2 Å². The summed E-state index contributed by atoms with van der Waals surface area (Å²) in [5, 5.41) is 0. The number of carbonyl (C=O) groups is 1. The highest BCUT2D eigenvalue weighted by atomic mass is 79.9. The van der Waals surface area contributed by atoms with Crippen molar-refractivity contribution in [2.24, 2.45) is 0 Å². The van der Waals surface area contributed by atoms with Gasteiger partial charge in [0.15, 0.2) is 4.67 Å². The van der Waals surface area contributed by atoms with Crippen LogP contribution in [0.5, 0.6) is 0 Å². The molecule has 0 aromatic carbocycles. The van der Waals surface area contributed by atoms with Gasteiger partial charge in [-0.1, -0.05) is 6.58 Å². The Bertz CT molecular complexity index is 314. The lowest BCUT2D eigenvalue weighted by Gasteiger charge is -1.97. The van der Waals surface area contributed by atoms with Crippen molar-refractivity contribution in [1.29, 1.82) is 0 Å². The lowest BCUT2D eigenvalue weighted by Crippen LogP contribution is -2.01. The topological polar surface area (TPSA) is 39.4 Å². The summed E-state index contributed by atoms with van der Waals surface area (Å²) in [6.07, 6.45) is 0. The maximum absolute atomic E-state index is 10.9. The molecule has 0 radical (unpaired) electrons. The second kappa shape index (κ2) is 3.58. The summed E-state index contributed by atoms with van der Waals surface area (Å²) in [4.78, 5) is 10.9. The molecule has 1 aromatic heterocycles. The highest BCUT2D eigenvalue weighted by Gasteiger charge is 2.12. The largest absolute Gasteiger partial charge is 0.465 e. The van der Waals surface area contributed by atoms with Crippen LogP contribution in [0.3, 0.4) is 0 Å². The molecule has 0 aliphatic carbocycles. The number of hydrogen-bond acceptors (Lipinski definition) is 3. The molecule has 1 aromatic rings. The van der Waals surface area contributed by atoms with Crippen molar-refractivity contribution in [3.8, 4) is 0 Å². The Morgan fingerprint density at radius 2 is 2.33 bits per heavy atom. The highest BCUT2D eigenvalue weighted by Crippen LogP contribution is 2.20. The monoisotopic (exact) mass is 230 g/mol. The predicted octanol–water partition coefficient (Wildman–Crippen LogP) is 2.23. The molecule has 0 unspecified atom stereocenters. The van der Waals surface area contributed by atoms with E-state index in [0.29, 0.717) is 10.4 Å². The molecule has 0 atom stereocenters. The van der Waals surface area contributed by atoms with Crippen LogP contribution in [0, 0.1) is 0 Å². The maximum atomic E-state index is 10.9. The van der Waals surface area contributed by atoms with Gasteiger partial charge < -0.3 is 9.15 Å². The van der Waals surface area contributed by atoms with Gasteiger partial charge in [0.05, 0.1) is 12.7 Å². The summed E-state index contributed by atoms with van der Waals surface area (Å²) in [6.45, 7) is 3.52. The number of rotatable bonds is 2. The summed E-state index contributed by atoms with van der Waals surface area (Å²) in [6, 6.07) is 3.33. The zero-order valence-corrected chi connectivity index (χ0v) is 8.05. The summed E-state index contributed by atoms with van der Waals surface area (Å²) in [7, 11) is 1.30. The average molecular weight is 231 g/mol. The molecule has 12 heavy (non-hydrogen) atoms. The standard InChI is InChI=1S/C8H7BrO3/c1-5(8(10)11-2)6-3-4-7(9)12-6/h3-4H,1H2,2H3. The first-order valence-corrected chi connectivity index (χ1v) is 3.97. The molecule has 3 nitrogen and oxygen atoms in total. The number of halogens is 1. The van der Waals surface area contributed by atoms with Gasteiger partial charge >= 0.3 is 5.97 Å². The lowest BCUT2D eigenvalue weighted by atomic mass is 10.2. The molecule has 0 N–H and O–H groups in total. The van der Waals surface area contributed by atoms with Crippen molar-refractivity contribution in [3.05, 3.63) is 29.1 Å². The van der Waals surface area contributed by atoms with Gasteiger partial charge in [-0.25, -0.2) is 4.79 Å². The minimum Gasteiger partial charge on any atom is -0.465 e. The molecule has 0 fully saturated rings. The smallest absolute Gasteiger partial charge is 0.341 e. The second-order valence-corrected chi connectivity index (χ2v) is 2.86. The van der Waals surface area contributed by atoms with Gasteiger partial charge in [0.1, 0.15) is 5.76 Å². The van der Waals surface area contributed by atoms with Crippen LogP contribution in [0.4, 0.5) is 0 Å². The second-order valence-electron chi connectivity index (χ2n) is 2.07. The number of methoxy groups -OCH3 is 1. The number of esters is 1. The molecule has 64 valence electrons. The molecule has 4 heteroatoms. The van der Waals surface area contributed by atoms with Crippen molar-refractivity contribution in [2.45, 2.75) is 0 Å². The van der Waals surface area contributed by atoms with E-state index in [4.69, 9.17) is 4.42 Å². The molecule has 0 spiro atoms. The third-order valence-corrected chi connectivity index (χ3v) is 1.73. The Labute approximate surface area is 78.1 Å². The SMILES string of the molecule is C=C(C(=O)OC)c1ccc(Br)o1. The third kappa shape index (κ3) is 1.76. The van der Waals surface area contributed by atoms with Gasteiger partial charge in [0, 0.05) is 0 Å². The van der Waals surface area contributed by atoms with Gasteiger partial charge in [-0.3, -0.25) is 0 Å². The normalized spacial score (nSPS) is 9.50. The minimum atomic E-state index is -0.489. The van der Waals surface area contributed by atoms with Crippen LogP contribution < -0.4 is 0 Å². The molecular formula is C8H7BrO3. The number of carbonyl (C=O) groups excluding carboxylic acids is 1. The Morgan fingerprint density at radius 3 is 2.75 bits per heavy atom. The summed E-state index contributed by atoms with van der Waals surface area (Å²) >= 11 is 3.11. The van der Waals surface area contributed by atoms with Gasteiger partial charge in [-0.15, -0.1) is 0 Å². The van der Waals surface area contributed by atoms with Crippen LogP contribution in [-0.4, -0.2) is 13.1 Å². The number of hydrogen-bond donors (Lipinski definition) is 0. The van der Waals surface area contributed by atoms with Crippen molar-refractivity contribution >= 4 is 27.5 Å². The van der Waals surface area contributed by atoms with E-state index < -0.39 is 5.97 Å². The molecule has 0 aliphatic rings. The fourth-order valence-corrected chi connectivity index (χ4v) is 1.01. The van der Waals surface area contributed by atoms with Gasteiger partial charge in [-0.05, 0) is 28.1 Å². The third-order valence-electron chi connectivity index (χ3n) is 1.30. The highest BCUT2D eigenvalue weighted by molar-refractivity contribution is 9.10. The van der Waals surface area contributed by atoms with Crippen LogP contribution in [0.25, 0.3) is 5.57 Å². The van der Waals surface area contributed by atoms with E-state index in [9.17, 15) is 4.79 Å². The fourth-order valence-electron chi connectivity index (χ4n) is 0.700. The molecule has 0 saturated carbocycles.